The van der Waals surface area contributed by atoms with E-state index in [2.05, 4.69) is 23.8 Å². The third-order valence-electron chi connectivity index (χ3n) is 5.48. The van der Waals surface area contributed by atoms with Gasteiger partial charge in [-0.15, -0.1) is 0 Å². The highest BCUT2D eigenvalue weighted by Gasteiger charge is 2.23. The number of ether oxygens (including phenoxy) is 1. The van der Waals surface area contributed by atoms with Crippen LogP contribution in [0.25, 0.3) is 11.2 Å². The third kappa shape index (κ3) is 3.36. The number of aromatic amines is 1. The van der Waals surface area contributed by atoms with Crippen molar-refractivity contribution < 1.29 is 4.74 Å². The Labute approximate surface area is 158 Å². The molecule has 1 aliphatic rings. The average Bonchev–Trinajstić information content (AvgIpc) is 3.31. The van der Waals surface area contributed by atoms with Crippen LogP contribution >= 0.6 is 0 Å². The van der Waals surface area contributed by atoms with E-state index in [0.29, 0.717) is 35.4 Å². The minimum absolute atomic E-state index is 0.307. The number of aryl methyl sites for hydroxylation is 3. The van der Waals surface area contributed by atoms with E-state index in [0.717, 1.165) is 30.7 Å². The summed E-state index contributed by atoms with van der Waals surface area (Å²) in [7, 11) is 0. The van der Waals surface area contributed by atoms with Crippen molar-refractivity contribution in [1.29, 1.82) is 0 Å². The van der Waals surface area contributed by atoms with E-state index >= 15 is 0 Å². The van der Waals surface area contributed by atoms with Crippen LogP contribution in [0.2, 0.25) is 0 Å². The molecule has 2 heterocycles. The van der Waals surface area contributed by atoms with Gasteiger partial charge in [0.1, 0.15) is 11.6 Å². The fraction of sp³-hybridized carbons (Fsp3) is 0.476. The summed E-state index contributed by atoms with van der Waals surface area (Å²) in [5.41, 5.74) is 3.16. The Morgan fingerprint density at radius 2 is 1.96 bits per heavy atom. The number of fused-ring (bicyclic) bond motifs is 1. The van der Waals surface area contributed by atoms with Crippen LogP contribution in [0, 0.1) is 13.8 Å². The molecule has 0 spiro atoms. The predicted octanol–water partition coefficient (Wildman–Crippen LogP) is 4.60. The summed E-state index contributed by atoms with van der Waals surface area (Å²) >= 11 is 0. The van der Waals surface area contributed by atoms with Crippen molar-refractivity contribution in [2.45, 2.75) is 65.3 Å². The van der Waals surface area contributed by atoms with E-state index in [1.807, 2.05) is 29.7 Å². The lowest BCUT2D eigenvalue weighted by Gasteiger charge is -2.13. The van der Waals surface area contributed by atoms with Gasteiger partial charge in [-0.3, -0.25) is 9.36 Å². The lowest BCUT2D eigenvalue weighted by molar-refractivity contribution is 0.403. The van der Waals surface area contributed by atoms with Crippen LogP contribution in [-0.2, 0) is 6.54 Å². The van der Waals surface area contributed by atoms with Crippen molar-refractivity contribution >= 4 is 11.2 Å². The van der Waals surface area contributed by atoms with E-state index in [1.165, 1.54) is 18.4 Å². The number of hydrogen-bond acceptors (Lipinski definition) is 4. The molecule has 0 radical (unpaired) electrons. The smallest absolute Gasteiger partial charge is 0.307 e. The number of nitrogens with one attached hydrogen (secondary N) is 1. The van der Waals surface area contributed by atoms with E-state index in [1.54, 1.807) is 0 Å². The van der Waals surface area contributed by atoms with Gasteiger partial charge >= 0.3 is 11.6 Å². The van der Waals surface area contributed by atoms with Crippen LogP contribution in [0.15, 0.2) is 23.0 Å². The largest absolute Gasteiger partial charge is 0.425 e. The molecular formula is C21H26N4O2. The lowest BCUT2D eigenvalue weighted by Crippen LogP contribution is -2.16. The molecule has 6 nitrogen and oxygen atoms in total. The first-order valence-corrected chi connectivity index (χ1v) is 9.82. The maximum absolute atomic E-state index is 12.6. The minimum Gasteiger partial charge on any atom is -0.425 e. The molecule has 0 bridgehead atoms. The molecular weight excluding hydrogens is 340 g/mol. The second kappa shape index (κ2) is 7.18. The molecule has 1 N–H and O–H groups in total. The fourth-order valence-corrected chi connectivity index (χ4v) is 3.80. The number of imidazole rings is 1. The van der Waals surface area contributed by atoms with Gasteiger partial charge in [-0.05, 0) is 56.4 Å². The Hall–Kier alpha value is -2.63. The zero-order chi connectivity index (χ0) is 19.0. The molecule has 1 aliphatic carbocycles. The van der Waals surface area contributed by atoms with Crippen LogP contribution in [0.5, 0.6) is 11.8 Å². The van der Waals surface area contributed by atoms with Crippen LogP contribution in [0.4, 0.5) is 0 Å². The second-order valence-electron chi connectivity index (χ2n) is 7.50. The molecule has 0 unspecified atom stereocenters. The Morgan fingerprint density at radius 1 is 1.19 bits per heavy atom. The van der Waals surface area contributed by atoms with E-state index in [-0.39, 0.29) is 5.56 Å². The van der Waals surface area contributed by atoms with Gasteiger partial charge in [0.15, 0.2) is 11.2 Å². The van der Waals surface area contributed by atoms with Crippen molar-refractivity contribution in [3.63, 3.8) is 0 Å². The van der Waals surface area contributed by atoms with Gasteiger partial charge in [0, 0.05) is 12.5 Å². The Balaban J connectivity index is 1.80. The quantitative estimate of drug-likeness (QED) is 0.716. The van der Waals surface area contributed by atoms with Gasteiger partial charge in [-0.2, -0.15) is 4.98 Å². The summed E-state index contributed by atoms with van der Waals surface area (Å²) in [5, 5.41) is 0. The summed E-state index contributed by atoms with van der Waals surface area (Å²) in [5.74, 6) is 2.01. The summed E-state index contributed by atoms with van der Waals surface area (Å²) < 4.78 is 7.94. The number of H-pyrrole nitrogens is 1. The van der Waals surface area contributed by atoms with E-state index < -0.39 is 0 Å². The number of nitrogens with zero attached hydrogens (tertiary/aromatic N) is 3. The number of rotatable bonds is 5. The zero-order valence-corrected chi connectivity index (χ0v) is 16.2. The molecule has 142 valence electrons. The minimum atomic E-state index is -0.312. The van der Waals surface area contributed by atoms with E-state index in [9.17, 15) is 4.79 Å². The fourth-order valence-electron chi connectivity index (χ4n) is 3.80. The molecule has 2 aromatic heterocycles. The van der Waals surface area contributed by atoms with Crippen molar-refractivity contribution in [1.82, 2.24) is 19.5 Å². The molecule has 0 amide bonds. The first-order valence-electron chi connectivity index (χ1n) is 9.82. The molecule has 6 heteroatoms. The SMILES string of the molecule is CCCn1c(Oc2ccc(C)c(C)c2)nc(=O)c2[nH]c(C3CCCC3)nc21. The van der Waals surface area contributed by atoms with Gasteiger partial charge in [-0.25, -0.2) is 4.98 Å². The topological polar surface area (TPSA) is 72.8 Å². The zero-order valence-electron chi connectivity index (χ0n) is 16.2. The summed E-state index contributed by atoms with van der Waals surface area (Å²) in [6.45, 7) is 6.89. The number of aromatic nitrogens is 4. The lowest BCUT2D eigenvalue weighted by atomic mass is 10.1. The van der Waals surface area contributed by atoms with Crippen LogP contribution in [0.3, 0.4) is 0 Å². The van der Waals surface area contributed by atoms with Gasteiger partial charge in [0.25, 0.3) is 0 Å². The number of hydrogen-bond donors (Lipinski definition) is 1. The van der Waals surface area contributed by atoms with Gasteiger partial charge in [0.05, 0.1) is 0 Å². The highest BCUT2D eigenvalue weighted by Crippen LogP contribution is 2.33. The maximum Gasteiger partial charge on any atom is 0.307 e. The van der Waals surface area contributed by atoms with Crippen LogP contribution < -0.4 is 10.3 Å². The van der Waals surface area contributed by atoms with E-state index in [4.69, 9.17) is 9.72 Å². The Kier molecular flexibility index (Phi) is 4.72. The molecule has 1 saturated carbocycles. The monoisotopic (exact) mass is 366 g/mol. The highest BCUT2D eigenvalue weighted by atomic mass is 16.5. The van der Waals surface area contributed by atoms with Crippen LogP contribution in [0.1, 0.15) is 61.9 Å². The van der Waals surface area contributed by atoms with Gasteiger partial charge in [-0.1, -0.05) is 25.8 Å². The molecule has 4 rings (SSSR count). The first-order chi connectivity index (χ1) is 13.1. The second-order valence-corrected chi connectivity index (χ2v) is 7.50. The van der Waals surface area contributed by atoms with Crippen molar-refractivity contribution in [3.8, 4) is 11.8 Å². The molecule has 0 aliphatic heterocycles. The molecule has 1 fully saturated rings. The third-order valence-corrected chi connectivity index (χ3v) is 5.48. The normalized spacial score (nSPS) is 14.9. The summed E-state index contributed by atoms with van der Waals surface area (Å²) in [4.78, 5) is 24.9. The maximum atomic E-state index is 12.6. The summed E-state index contributed by atoms with van der Waals surface area (Å²) in [6.07, 6.45) is 5.59. The Morgan fingerprint density at radius 3 is 2.67 bits per heavy atom. The molecule has 3 aromatic rings. The molecule has 0 saturated heterocycles. The predicted molar refractivity (Wildman–Crippen MR) is 106 cm³/mol. The van der Waals surface area contributed by atoms with Crippen molar-refractivity contribution in [2.75, 3.05) is 0 Å². The van der Waals surface area contributed by atoms with Crippen LogP contribution in [-0.4, -0.2) is 19.5 Å². The first kappa shape index (κ1) is 17.8. The summed E-state index contributed by atoms with van der Waals surface area (Å²) in [6, 6.07) is 6.19. The average molecular weight is 366 g/mol. The van der Waals surface area contributed by atoms with Gasteiger partial charge in [0.2, 0.25) is 0 Å². The Bertz CT molecular complexity index is 1030. The molecule has 0 atom stereocenters. The molecule has 27 heavy (non-hydrogen) atoms. The van der Waals surface area contributed by atoms with Crippen molar-refractivity contribution in [2.24, 2.45) is 0 Å². The standard InChI is InChI=1S/C21H26N4O2/c1-4-11-25-19-17(22-18(23-19)15-7-5-6-8-15)20(26)24-21(25)27-16-10-9-13(2)14(3)12-16/h9-10,12,15H,4-8,11H2,1-3H3,(H,22,23). The van der Waals surface area contributed by atoms with Gasteiger partial charge < -0.3 is 9.72 Å². The molecule has 1 aromatic carbocycles. The highest BCUT2D eigenvalue weighted by molar-refractivity contribution is 5.71. The van der Waals surface area contributed by atoms with Crippen molar-refractivity contribution in [3.05, 3.63) is 45.5 Å². The number of benzene rings is 1.